The molecule has 0 spiro atoms. The number of phenols is 4. The molecule has 16 heteroatoms. The summed E-state index contributed by atoms with van der Waals surface area (Å²) in [5, 5.41) is 84.3. The maximum absolute atomic E-state index is 12.5. The monoisotopic (exact) mass is 1210 g/mol. The van der Waals surface area contributed by atoms with Crippen molar-refractivity contribution in [3.63, 3.8) is 0 Å². The minimum Gasteiger partial charge on any atom is -0.508 e. The zero-order valence-electron chi connectivity index (χ0n) is 52.2. The number of aryl methyl sites for hydroxylation is 12. The van der Waals surface area contributed by atoms with Gasteiger partial charge in [0.25, 0.3) is 0 Å². The highest BCUT2D eigenvalue weighted by molar-refractivity contribution is 5.72. The van der Waals surface area contributed by atoms with Crippen LogP contribution in [-0.4, -0.2) is 91.2 Å². The van der Waals surface area contributed by atoms with Crippen LogP contribution in [0.25, 0.3) is 0 Å². The molecule has 0 aliphatic carbocycles. The molecule has 0 aliphatic heterocycles. The Morgan fingerprint density at radius 2 is 0.483 bits per heavy atom. The topological polar surface area (TPSA) is 267 Å². The number of ether oxygens (including phenoxy) is 4. The molecule has 464 valence electrons. The van der Waals surface area contributed by atoms with E-state index in [1.54, 1.807) is 52.0 Å². The quantitative estimate of drug-likeness (QED) is 0.0261. The van der Waals surface area contributed by atoms with Crippen molar-refractivity contribution in [2.45, 2.75) is 114 Å². The number of aliphatic carboxylic acids is 4. The van der Waals surface area contributed by atoms with E-state index in [0.29, 0.717) is 66.8 Å². The Bertz CT molecular complexity index is 3740. The number of aromatic hydroxyl groups is 4. The maximum atomic E-state index is 12.5. The zero-order valence-corrected chi connectivity index (χ0v) is 52.2. The van der Waals surface area contributed by atoms with Gasteiger partial charge in [0.1, 0.15) is 46.0 Å². The number of hydrogen-bond acceptors (Lipinski definition) is 12. The molecular weight excluding hydrogens is 1130 g/mol. The molecule has 16 nitrogen and oxygen atoms in total. The van der Waals surface area contributed by atoms with Crippen LogP contribution in [0.15, 0.2) is 97.1 Å². The fourth-order valence-electron chi connectivity index (χ4n) is 12.2. The van der Waals surface area contributed by atoms with Gasteiger partial charge in [0.15, 0.2) is 26.4 Å². The summed E-state index contributed by atoms with van der Waals surface area (Å²) in [6, 6.07) is 29.3. The molecule has 89 heavy (non-hydrogen) atoms. The summed E-state index contributed by atoms with van der Waals surface area (Å²) < 4.78 is 25.4. The van der Waals surface area contributed by atoms with Crippen LogP contribution in [0.3, 0.4) is 0 Å². The second kappa shape index (κ2) is 27.0. The average Bonchev–Trinajstić information content (AvgIpc) is 1.37. The first-order valence-electron chi connectivity index (χ1n) is 29.1. The molecule has 0 radical (unpaired) electrons. The van der Waals surface area contributed by atoms with Crippen molar-refractivity contribution in [3.05, 3.63) is 231 Å². The van der Waals surface area contributed by atoms with E-state index in [9.17, 15) is 60.0 Å². The molecule has 0 aliphatic rings. The first kappa shape index (κ1) is 65.0. The van der Waals surface area contributed by atoms with Crippen LogP contribution in [0, 0.1) is 83.1 Å². The Morgan fingerprint density at radius 3 is 0.708 bits per heavy atom. The van der Waals surface area contributed by atoms with Crippen LogP contribution in [0.1, 0.15) is 145 Å². The third-order valence-electron chi connectivity index (χ3n) is 16.2. The molecule has 0 heterocycles. The summed E-state index contributed by atoms with van der Waals surface area (Å²) in [5.41, 5.74) is 15.9. The summed E-state index contributed by atoms with van der Waals surface area (Å²) in [7, 11) is 0. The van der Waals surface area contributed by atoms with Gasteiger partial charge in [-0.2, -0.15) is 0 Å². The summed E-state index contributed by atoms with van der Waals surface area (Å²) in [5.74, 6) is -4.97. The minimum absolute atomic E-state index is 0.0121. The van der Waals surface area contributed by atoms with E-state index < -0.39 is 62.1 Å². The third kappa shape index (κ3) is 14.9. The van der Waals surface area contributed by atoms with Crippen molar-refractivity contribution in [1.29, 1.82) is 0 Å². The van der Waals surface area contributed by atoms with E-state index in [1.165, 1.54) is 0 Å². The van der Waals surface area contributed by atoms with Gasteiger partial charge in [-0.05, 0) is 207 Å². The lowest BCUT2D eigenvalue weighted by atomic mass is 9.78. The predicted octanol–water partition coefficient (Wildman–Crippen LogP) is 13.2. The van der Waals surface area contributed by atoms with E-state index in [-0.39, 0.29) is 65.3 Å². The molecule has 8 N–H and O–H groups in total. The number of carboxylic acid groups (broad SMARTS) is 4. The molecule has 0 fully saturated rings. The number of hydrogen-bond donors (Lipinski definition) is 8. The van der Waals surface area contributed by atoms with Crippen LogP contribution in [0.5, 0.6) is 46.0 Å². The number of rotatable bonds is 24. The Balaban J connectivity index is 1.33. The molecule has 0 saturated carbocycles. The predicted molar refractivity (Wildman–Crippen MR) is 338 cm³/mol. The lowest BCUT2D eigenvalue weighted by molar-refractivity contribution is -0.140. The SMILES string of the molecule is Cc1cc(Cc2cc(C)cc(Cc3cc(C)cc(C(c4cc(C)c(O)cc4C)c4cc(C)c(O)cc4C)c3OCC(=O)O)c2OCC(=O)O)c(OCC(=O)O)c(Cc2cc(C)cc(C(c3cc(C)c(O)cc3C)c3cc(C)c(O)cc3C)c2OCC(=O)O)c1. The molecule has 8 aromatic rings. The highest BCUT2D eigenvalue weighted by Crippen LogP contribution is 2.48. The van der Waals surface area contributed by atoms with Crippen LogP contribution in [-0.2, 0) is 38.4 Å². The Kier molecular flexibility index (Phi) is 19.7. The van der Waals surface area contributed by atoms with Crippen molar-refractivity contribution in [2.24, 2.45) is 0 Å². The third-order valence-corrected chi connectivity index (χ3v) is 16.2. The molecular formula is C73H76O16. The van der Waals surface area contributed by atoms with Gasteiger partial charge in [0.05, 0.1) is 0 Å². The second-order valence-corrected chi connectivity index (χ2v) is 23.6. The number of carbonyl (C=O) groups is 4. The lowest BCUT2D eigenvalue weighted by Gasteiger charge is -2.28. The summed E-state index contributed by atoms with van der Waals surface area (Å²) in [4.78, 5) is 50.0. The molecule has 0 aromatic heterocycles. The average molecular weight is 1210 g/mol. The largest absolute Gasteiger partial charge is 0.508 e. The van der Waals surface area contributed by atoms with Crippen molar-refractivity contribution >= 4 is 23.9 Å². The van der Waals surface area contributed by atoms with Crippen molar-refractivity contribution in [3.8, 4) is 46.0 Å². The van der Waals surface area contributed by atoms with E-state index in [1.807, 2.05) is 128 Å². The smallest absolute Gasteiger partial charge is 0.341 e. The first-order valence-corrected chi connectivity index (χ1v) is 29.1. The van der Waals surface area contributed by atoms with Crippen LogP contribution >= 0.6 is 0 Å². The van der Waals surface area contributed by atoms with Crippen LogP contribution in [0.4, 0.5) is 0 Å². The summed E-state index contributed by atoms with van der Waals surface area (Å²) in [6.45, 7) is 19.2. The molecule has 0 amide bonds. The van der Waals surface area contributed by atoms with Gasteiger partial charge in [-0.25, -0.2) is 19.2 Å². The normalized spacial score (nSPS) is 11.3. The molecule has 0 saturated heterocycles. The summed E-state index contributed by atoms with van der Waals surface area (Å²) in [6.07, 6.45) is 0.0774. The highest BCUT2D eigenvalue weighted by atomic mass is 16.5. The van der Waals surface area contributed by atoms with Crippen molar-refractivity contribution < 1.29 is 79.0 Å². The summed E-state index contributed by atoms with van der Waals surface area (Å²) >= 11 is 0. The standard InChI is InChI=1S/C73H76O16/c1-36-13-48(70(86-32-64(78)79)50(15-36)30-52-17-38(3)19-58(72(52)88-34-66(82)83)68(54-21-44(9)60(74)25-40(54)5)55-22-45(10)61(75)26-41(55)6)29-49-14-37(2)16-51(71(49)87-33-65(80)81)31-53-18-39(4)20-59(73(53)89-35-67(84)85)69(56-23-46(11)62(76)27-42(56)7)57-24-47(12)63(77)28-43(57)8/h13-28,68-69,74-77H,29-35H2,1-12H3,(H,78,79)(H,80,81)(H,82,83)(H,84,85). The fraction of sp³-hybridized carbons (Fsp3) is 0.288. The van der Waals surface area contributed by atoms with E-state index in [0.717, 1.165) is 66.8 Å². The van der Waals surface area contributed by atoms with Crippen molar-refractivity contribution in [2.75, 3.05) is 26.4 Å². The van der Waals surface area contributed by atoms with Gasteiger partial charge < -0.3 is 59.8 Å². The van der Waals surface area contributed by atoms with Gasteiger partial charge in [-0.3, -0.25) is 0 Å². The van der Waals surface area contributed by atoms with E-state index >= 15 is 0 Å². The lowest BCUT2D eigenvalue weighted by Crippen LogP contribution is -2.17. The van der Waals surface area contributed by atoms with Crippen molar-refractivity contribution in [1.82, 2.24) is 0 Å². The zero-order chi connectivity index (χ0) is 65.0. The fourth-order valence-corrected chi connectivity index (χ4v) is 12.2. The van der Waals surface area contributed by atoms with E-state index in [2.05, 4.69) is 0 Å². The first-order chi connectivity index (χ1) is 42.0. The molecule has 8 aromatic carbocycles. The number of phenolic OH excluding ortho intramolecular Hbond substituents is 4. The number of benzene rings is 8. The molecule has 0 bridgehead atoms. The maximum Gasteiger partial charge on any atom is 0.341 e. The van der Waals surface area contributed by atoms with Gasteiger partial charge in [0.2, 0.25) is 0 Å². The van der Waals surface area contributed by atoms with Gasteiger partial charge >= 0.3 is 23.9 Å². The van der Waals surface area contributed by atoms with Crippen LogP contribution < -0.4 is 18.9 Å². The second-order valence-electron chi connectivity index (χ2n) is 23.6. The number of carboxylic acids is 4. The Morgan fingerprint density at radius 1 is 0.281 bits per heavy atom. The van der Waals surface area contributed by atoms with Gasteiger partial charge in [-0.1, -0.05) is 95.1 Å². The van der Waals surface area contributed by atoms with Gasteiger partial charge in [0, 0.05) is 42.2 Å². The van der Waals surface area contributed by atoms with Crippen LogP contribution in [0.2, 0.25) is 0 Å². The molecule has 0 unspecified atom stereocenters. The minimum atomic E-state index is -1.26. The Labute approximate surface area is 517 Å². The Hall–Kier alpha value is -9.96. The van der Waals surface area contributed by atoms with Gasteiger partial charge in [-0.15, -0.1) is 0 Å². The highest BCUT2D eigenvalue weighted by Gasteiger charge is 2.32. The molecule has 0 atom stereocenters. The molecule has 8 rings (SSSR count). The van der Waals surface area contributed by atoms with E-state index in [4.69, 9.17) is 18.9 Å².